The van der Waals surface area contributed by atoms with Crippen LogP contribution in [0.5, 0.6) is 0 Å². The molecule has 2 aromatic carbocycles. The van der Waals surface area contributed by atoms with Gasteiger partial charge in [-0.25, -0.2) is 8.42 Å². The van der Waals surface area contributed by atoms with E-state index in [-0.39, 0.29) is 41.9 Å². The first-order valence-electron chi connectivity index (χ1n) is 12.5. The molecule has 0 saturated heterocycles. The lowest BCUT2D eigenvalue weighted by molar-refractivity contribution is -0.141. The van der Waals surface area contributed by atoms with Crippen molar-refractivity contribution in [2.45, 2.75) is 65.5 Å². The van der Waals surface area contributed by atoms with Crippen molar-refractivity contribution in [1.82, 2.24) is 10.2 Å². The van der Waals surface area contributed by atoms with E-state index >= 15 is 0 Å². The lowest BCUT2D eigenvalue weighted by atomic mass is 10.1. The first-order valence-corrected chi connectivity index (χ1v) is 15.1. The molecule has 2 rings (SSSR count). The van der Waals surface area contributed by atoms with E-state index < -0.39 is 16.1 Å². The SMILES string of the molecule is CCCCNC(=O)[C@@H](CC)N(Cc1ccccc1C)C(=O)CCCN(c1cc(Cl)ccc1Cl)S(C)(=O)=O. The average Bonchev–Trinajstić information content (AvgIpc) is 2.84. The number of carbonyl (C=O) groups is 2. The summed E-state index contributed by atoms with van der Waals surface area (Å²) >= 11 is 12.3. The Bertz CT molecular complexity index is 1170. The Balaban J connectivity index is 2.24. The van der Waals surface area contributed by atoms with Gasteiger partial charge in [0.1, 0.15) is 6.04 Å². The fourth-order valence-corrected chi connectivity index (χ4v) is 5.46. The Morgan fingerprint density at radius 2 is 1.76 bits per heavy atom. The summed E-state index contributed by atoms with van der Waals surface area (Å²) in [6.07, 6.45) is 3.67. The first-order chi connectivity index (χ1) is 17.5. The minimum Gasteiger partial charge on any atom is -0.354 e. The van der Waals surface area contributed by atoms with Crippen molar-refractivity contribution in [1.29, 1.82) is 0 Å². The molecule has 0 aliphatic heterocycles. The average molecular weight is 571 g/mol. The maximum atomic E-state index is 13.5. The molecule has 0 unspecified atom stereocenters. The van der Waals surface area contributed by atoms with Crippen molar-refractivity contribution in [2.24, 2.45) is 0 Å². The van der Waals surface area contributed by atoms with Crippen molar-refractivity contribution < 1.29 is 18.0 Å². The highest BCUT2D eigenvalue weighted by molar-refractivity contribution is 7.92. The molecule has 7 nitrogen and oxygen atoms in total. The van der Waals surface area contributed by atoms with Gasteiger partial charge in [-0.3, -0.25) is 13.9 Å². The second-order valence-corrected chi connectivity index (χ2v) is 11.8. The van der Waals surface area contributed by atoms with E-state index in [0.717, 1.165) is 34.5 Å². The number of unbranched alkanes of at least 4 members (excludes halogenated alkanes) is 1. The molecule has 0 saturated carbocycles. The zero-order chi connectivity index (χ0) is 27.6. The smallest absolute Gasteiger partial charge is 0.242 e. The second kappa shape index (κ2) is 14.6. The molecule has 0 radical (unpaired) electrons. The van der Waals surface area contributed by atoms with Crippen LogP contribution in [0.3, 0.4) is 0 Å². The molecule has 10 heteroatoms. The predicted molar refractivity (Wildman–Crippen MR) is 152 cm³/mol. The van der Waals surface area contributed by atoms with Crippen LogP contribution in [0.2, 0.25) is 10.0 Å². The summed E-state index contributed by atoms with van der Waals surface area (Å²) in [4.78, 5) is 28.1. The van der Waals surface area contributed by atoms with Crippen molar-refractivity contribution in [3.63, 3.8) is 0 Å². The lowest BCUT2D eigenvalue weighted by Crippen LogP contribution is -2.49. The summed E-state index contributed by atoms with van der Waals surface area (Å²) < 4.78 is 26.2. The van der Waals surface area contributed by atoms with Crippen molar-refractivity contribution in [3.05, 3.63) is 63.6 Å². The van der Waals surface area contributed by atoms with Crippen LogP contribution in [0.25, 0.3) is 0 Å². The minimum absolute atomic E-state index is 0.0440. The Kier molecular flexibility index (Phi) is 12.2. The van der Waals surface area contributed by atoms with Gasteiger partial charge in [-0.1, -0.05) is 67.7 Å². The van der Waals surface area contributed by atoms with E-state index in [4.69, 9.17) is 23.2 Å². The van der Waals surface area contributed by atoms with Crippen molar-refractivity contribution in [3.8, 4) is 0 Å². The van der Waals surface area contributed by atoms with Crippen molar-refractivity contribution in [2.75, 3.05) is 23.7 Å². The Hall–Kier alpha value is -2.29. The van der Waals surface area contributed by atoms with Crippen LogP contribution in [0.4, 0.5) is 5.69 Å². The zero-order valence-corrected chi connectivity index (χ0v) is 24.3. The normalized spacial score (nSPS) is 12.2. The molecule has 204 valence electrons. The van der Waals surface area contributed by atoms with E-state index in [0.29, 0.717) is 24.5 Å². The van der Waals surface area contributed by atoms with E-state index in [1.54, 1.807) is 11.0 Å². The second-order valence-electron chi connectivity index (χ2n) is 9.05. The standard InChI is InChI=1S/C27H37Cl2N3O4S/c1-5-7-16-30-27(34)24(6-2)31(19-21-12-9-8-11-20(21)3)26(33)13-10-17-32(37(4,35)36)25-18-22(28)14-15-23(25)29/h8-9,11-12,14-15,18,24H,5-7,10,13,16-17,19H2,1-4H3,(H,30,34)/t24-/m1/s1. The van der Waals surface area contributed by atoms with Crippen LogP contribution in [0, 0.1) is 6.92 Å². The molecule has 0 aromatic heterocycles. The number of rotatable bonds is 14. The van der Waals surface area contributed by atoms with Gasteiger partial charge in [0, 0.05) is 31.1 Å². The van der Waals surface area contributed by atoms with E-state index in [1.807, 2.05) is 45.0 Å². The number of amides is 2. The number of aryl methyl sites for hydroxylation is 1. The third kappa shape index (κ3) is 9.20. The number of carbonyl (C=O) groups excluding carboxylic acids is 2. The van der Waals surface area contributed by atoms with Gasteiger partial charge in [0.25, 0.3) is 0 Å². The summed E-state index contributed by atoms with van der Waals surface area (Å²) in [7, 11) is -3.68. The molecule has 0 fully saturated rings. The molecule has 37 heavy (non-hydrogen) atoms. The monoisotopic (exact) mass is 569 g/mol. The van der Waals surface area contributed by atoms with Gasteiger partial charge in [-0.05, 0) is 55.5 Å². The third-order valence-corrected chi connectivity index (χ3v) is 7.88. The predicted octanol–water partition coefficient (Wildman–Crippen LogP) is 5.57. The number of halogens is 2. The fourth-order valence-electron chi connectivity index (χ4n) is 4.06. The van der Waals surface area contributed by atoms with Gasteiger partial charge in [0.05, 0.1) is 17.0 Å². The number of sulfonamides is 1. The fraction of sp³-hybridized carbons (Fsp3) is 0.481. The van der Waals surface area contributed by atoms with Crippen LogP contribution >= 0.6 is 23.2 Å². The largest absolute Gasteiger partial charge is 0.354 e. The molecular formula is C27H37Cl2N3O4S. The summed E-state index contributed by atoms with van der Waals surface area (Å²) in [6.45, 7) is 6.80. The quantitative estimate of drug-likeness (QED) is 0.301. The van der Waals surface area contributed by atoms with Crippen LogP contribution in [0.1, 0.15) is 57.1 Å². The summed E-state index contributed by atoms with van der Waals surface area (Å²) in [6, 6.07) is 11.7. The molecule has 2 amide bonds. The molecule has 1 atom stereocenters. The van der Waals surface area contributed by atoms with Crippen LogP contribution in [0.15, 0.2) is 42.5 Å². The number of hydrogen-bond acceptors (Lipinski definition) is 4. The third-order valence-electron chi connectivity index (χ3n) is 6.15. The molecular weight excluding hydrogens is 533 g/mol. The number of anilines is 1. The van der Waals surface area contributed by atoms with Crippen LogP contribution in [-0.2, 0) is 26.2 Å². The van der Waals surface area contributed by atoms with Gasteiger partial charge in [0.15, 0.2) is 0 Å². The maximum Gasteiger partial charge on any atom is 0.242 e. The summed E-state index contributed by atoms with van der Waals surface area (Å²) in [5, 5.41) is 3.55. The number of nitrogens with zero attached hydrogens (tertiary/aromatic N) is 2. The molecule has 0 bridgehead atoms. The van der Waals surface area contributed by atoms with Crippen LogP contribution in [-0.4, -0.2) is 50.5 Å². The molecule has 2 aromatic rings. The number of benzene rings is 2. The van der Waals surface area contributed by atoms with Gasteiger partial charge in [-0.2, -0.15) is 0 Å². The molecule has 0 aliphatic rings. The maximum absolute atomic E-state index is 13.5. The highest BCUT2D eigenvalue weighted by atomic mass is 35.5. The van der Waals surface area contributed by atoms with E-state index in [1.165, 1.54) is 12.1 Å². The van der Waals surface area contributed by atoms with Crippen LogP contribution < -0.4 is 9.62 Å². The first kappa shape index (κ1) is 30.9. The van der Waals surface area contributed by atoms with Gasteiger partial charge >= 0.3 is 0 Å². The molecule has 0 heterocycles. The zero-order valence-electron chi connectivity index (χ0n) is 22.0. The molecule has 0 aliphatic carbocycles. The Labute approximate surface area is 231 Å². The highest BCUT2D eigenvalue weighted by Gasteiger charge is 2.29. The van der Waals surface area contributed by atoms with Gasteiger partial charge < -0.3 is 10.2 Å². The Morgan fingerprint density at radius 3 is 2.38 bits per heavy atom. The highest BCUT2D eigenvalue weighted by Crippen LogP contribution is 2.31. The summed E-state index contributed by atoms with van der Waals surface area (Å²) in [5.41, 5.74) is 2.25. The lowest BCUT2D eigenvalue weighted by Gasteiger charge is -2.31. The van der Waals surface area contributed by atoms with E-state index in [2.05, 4.69) is 5.32 Å². The molecule has 1 N–H and O–H groups in total. The van der Waals surface area contributed by atoms with Gasteiger partial charge in [0.2, 0.25) is 21.8 Å². The molecule has 0 spiro atoms. The van der Waals surface area contributed by atoms with Crippen molar-refractivity contribution >= 4 is 50.7 Å². The topological polar surface area (TPSA) is 86.8 Å². The number of nitrogens with one attached hydrogen (secondary N) is 1. The summed E-state index contributed by atoms with van der Waals surface area (Å²) in [5.74, 6) is -0.396. The number of hydrogen-bond donors (Lipinski definition) is 1. The Morgan fingerprint density at radius 1 is 1.05 bits per heavy atom. The minimum atomic E-state index is -3.68. The van der Waals surface area contributed by atoms with Gasteiger partial charge in [-0.15, -0.1) is 0 Å². The van der Waals surface area contributed by atoms with E-state index in [9.17, 15) is 18.0 Å².